The van der Waals surface area contributed by atoms with Crippen molar-refractivity contribution in [2.24, 2.45) is 17.3 Å². The Morgan fingerprint density at radius 3 is 2.11 bits per heavy atom. The lowest BCUT2D eigenvalue weighted by Gasteiger charge is -2.46. The normalized spacial score (nSPS) is 27.4. The van der Waals surface area contributed by atoms with Crippen LogP contribution in [0, 0.1) is 24.2 Å². The first-order valence-corrected chi connectivity index (χ1v) is 24.3. The summed E-state index contributed by atoms with van der Waals surface area (Å²) in [5.41, 5.74) is 0.873. The van der Waals surface area contributed by atoms with Gasteiger partial charge < -0.3 is 13.6 Å². The topological polar surface area (TPSA) is 74.7 Å². The largest absolute Gasteiger partial charge is 0.457 e. The highest BCUT2D eigenvalue weighted by molar-refractivity contribution is 7.09. The minimum atomic E-state index is -2.38. The fraction of sp³-hybridized carbons (Fsp3) is 0.763. The quantitative estimate of drug-likeness (QED) is 0.167. The Labute approximate surface area is 293 Å². The van der Waals surface area contributed by atoms with Gasteiger partial charge in [-0.05, 0) is 86.9 Å². The molecule has 0 N–H and O–H groups in total. The van der Waals surface area contributed by atoms with Crippen molar-refractivity contribution < 1.29 is 23.2 Å². The summed E-state index contributed by atoms with van der Waals surface area (Å²) in [6.45, 7) is 34.4. The molecule has 47 heavy (non-hydrogen) atoms. The molecule has 9 heteroatoms. The predicted octanol–water partition coefficient (Wildman–Crippen LogP) is 10.9. The van der Waals surface area contributed by atoms with Crippen LogP contribution in [0.15, 0.2) is 23.1 Å². The van der Waals surface area contributed by atoms with Gasteiger partial charge in [0.25, 0.3) is 0 Å². The van der Waals surface area contributed by atoms with Crippen LogP contribution in [-0.2, 0) is 23.2 Å². The number of ether oxygens (including phenoxy) is 1. The van der Waals surface area contributed by atoms with Gasteiger partial charge >= 0.3 is 5.97 Å². The predicted molar refractivity (Wildman–Crippen MR) is 204 cm³/mol. The van der Waals surface area contributed by atoms with Crippen LogP contribution in [0.25, 0.3) is 6.08 Å². The van der Waals surface area contributed by atoms with Crippen molar-refractivity contribution in [1.82, 2.24) is 4.98 Å². The lowest BCUT2D eigenvalue weighted by molar-refractivity contribution is -0.153. The molecule has 0 bridgehead atoms. The SMILES string of the molecule is C/C(=C/c1csc(C)n1)[C@@H]1C/C=C\CCC[C@H](C)[C@H](O[Si](C)(C)C(C)(C)C)[C@@H](C)C(=O)C(C)(C)[C@@H](O[Si](C)(C)C(C)(C)C)CC(=O)O1. The zero-order chi connectivity index (χ0) is 36.2. The highest BCUT2D eigenvalue weighted by atomic mass is 32.1. The first kappa shape index (κ1) is 41.8. The van der Waals surface area contributed by atoms with E-state index in [1.54, 1.807) is 11.3 Å². The van der Waals surface area contributed by atoms with E-state index in [-0.39, 0.29) is 46.2 Å². The number of carbonyl (C=O) groups is 2. The Morgan fingerprint density at radius 2 is 1.57 bits per heavy atom. The van der Waals surface area contributed by atoms with Crippen molar-refractivity contribution in [2.45, 2.75) is 170 Å². The number of thiazole rings is 1. The number of aromatic nitrogens is 1. The lowest BCUT2D eigenvalue weighted by Crippen LogP contribution is -2.54. The number of ketones is 1. The van der Waals surface area contributed by atoms with Crippen LogP contribution in [0.5, 0.6) is 0 Å². The molecule has 1 aliphatic heterocycles. The van der Waals surface area contributed by atoms with Crippen molar-refractivity contribution in [3.05, 3.63) is 33.8 Å². The fourth-order valence-electron chi connectivity index (χ4n) is 5.62. The molecule has 0 fully saturated rings. The number of cyclic esters (lactones) is 1. The van der Waals surface area contributed by atoms with Crippen LogP contribution < -0.4 is 0 Å². The number of nitrogens with zero attached hydrogens (tertiary/aromatic N) is 1. The maximum absolute atomic E-state index is 14.8. The summed E-state index contributed by atoms with van der Waals surface area (Å²) in [6.07, 6.45) is 8.53. The second-order valence-electron chi connectivity index (χ2n) is 17.6. The summed E-state index contributed by atoms with van der Waals surface area (Å²) in [7, 11) is -4.57. The Kier molecular flexibility index (Phi) is 14.3. The first-order chi connectivity index (χ1) is 21.3. The number of aryl methyl sites for hydroxylation is 1. The summed E-state index contributed by atoms with van der Waals surface area (Å²) < 4.78 is 20.4. The maximum atomic E-state index is 14.8. The molecule has 0 saturated carbocycles. The van der Waals surface area contributed by atoms with Crippen molar-refractivity contribution in [1.29, 1.82) is 0 Å². The van der Waals surface area contributed by atoms with Gasteiger partial charge in [-0.1, -0.05) is 81.4 Å². The average molecular weight is 706 g/mol. The van der Waals surface area contributed by atoms with Crippen LogP contribution in [0.1, 0.15) is 119 Å². The summed E-state index contributed by atoms with van der Waals surface area (Å²) in [5.74, 6) is -0.427. The van der Waals surface area contributed by atoms with Crippen LogP contribution in [0.2, 0.25) is 36.3 Å². The van der Waals surface area contributed by atoms with E-state index < -0.39 is 34.3 Å². The number of carbonyl (C=O) groups excluding carboxylic acids is 2. The highest BCUT2D eigenvalue weighted by Gasteiger charge is 2.50. The molecule has 0 amide bonds. The maximum Gasteiger partial charge on any atom is 0.309 e. The van der Waals surface area contributed by atoms with E-state index in [9.17, 15) is 9.59 Å². The number of rotatable bonds is 6. The van der Waals surface area contributed by atoms with Crippen LogP contribution >= 0.6 is 11.3 Å². The third-order valence-electron chi connectivity index (χ3n) is 11.1. The molecule has 268 valence electrons. The van der Waals surface area contributed by atoms with Gasteiger partial charge in [-0.15, -0.1) is 11.3 Å². The van der Waals surface area contributed by atoms with Crippen molar-refractivity contribution >= 4 is 45.8 Å². The first-order valence-electron chi connectivity index (χ1n) is 17.6. The smallest absolute Gasteiger partial charge is 0.309 e. The summed E-state index contributed by atoms with van der Waals surface area (Å²) in [6, 6.07) is 0. The van der Waals surface area contributed by atoms with Crippen molar-refractivity contribution in [3.8, 4) is 0 Å². The zero-order valence-corrected chi connectivity index (χ0v) is 35.4. The molecular weight excluding hydrogens is 639 g/mol. The van der Waals surface area contributed by atoms with Gasteiger partial charge in [-0.3, -0.25) is 9.59 Å². The van der Waals surface area contributed by atoms with Gasteiger partial charge in [-0.25, -0.2) is 4.98 Å². The molecule has 2 heterocycles. The lowest BCUT2D eigenvalue weighted by atomic mass is 9.73. The molecular formula is C38H67NO5SSi2. The monoisotopic (exact) mass is 705 g/mol. The molecule has 2 rings (SSSR count). The van der Waals surface area contributed by atoms with Crippen LogP contribution in [0.4, 0.5) is 0 Å². The van der Waals surface area contributed by atoms with Crippen molar-refractivity contribution in [2.75, 3.05) is 0 Å². The minimum Gasteiger partial charge on any atom is -0.457 e. The highest BCUT2D eigenvalue weighted by Crippen LogP contribution is 2.44. The number of Topliss-reactive ketones (excluding diaryl/α,β-unsaturated/α-hetero) is 1. The Balaban J connectivity index is 2.62. The van der Waals surface area contributed by atoms with E-state index in [1.165, 1.54) is 0 Å². The Hall–Kier alpha value is -1.40. The summed E-state index contributed by atoms with van der Waals surface area (Å²) >= 11 is 1.60. The van der Waals surface area contributed by atoms with Crippen LogP contribution in [0.3, 0.4) is 0 Å². The van der Waals surface area contributed by atoms with Gasteiger partial charge in [0.2, 0.25) is 0 Å². The van der Waals surface area contributed by atoms with E-state index >= 15 is 0 Å². The van der Waals surface area contributed by atoms with Gasteiger partial charge in [0, 0.05) is 23.1 Å². The average Bonchev–Trinajstić information content (AvgIpc) is 3.33. The summed E-state index contributed by atoms with van der Waals surface area (Å²) in [4.78, 5) is 33.3. The zero-order valence-electron chi connectivity index (χ0n) is 32.6. The van der Waals surface area contributed by atoms with Crippen molar-refractivity contribution in [3.63, 3.8) is 0 Å². The molecule has 1 aliphatic rings. The van der Waals surface area contributed by atoms with Gasteiger partial charge in [0.05, 0.1) is 29.3 Å². The third kappa shape index (κ3) is 11.3. The summed E-state index contributed by atoms with van der Waals surface area (Å²) in [5, 5.41) is 2.94. The number of esters is 1. The van der Waals surface area contributed by atoms with E-state index in [0.717, 1.165) is 35.5 Å². The number of allylic oxidation sites excluding steroid dienone is 1. The van der Waals surface area contributed by atoms with Gasteiger partial charge in [-0.2, -0.15) is 0 Å². The van der Waals surface area contributed by atoms with E-state index in [0.29, 0.717) is 6.42 Å². The molecule has 1 aromatic rings. The Bertz CT molecular complexity index is 1270. The minimum absolute atomic E-state index is 0.00455. The molecule has 0 unspecified atom stereocenters. The second-order valence-corrected chi connectivity index (χ2v) is 28.1. The molecule has 0 radical (unpaired) electrons. The van der Waals surface area contributed by atoms with Gasteiger partial charge in [0.1, 0.15) is 11.9 Å². The van der Waals surface area contributed by atoms with E-state index in [1.807, 2.05) is 46.1 Å². The van der Waals surface area contributed by atoms with Gasteiger partial charge in [0.15, 0.2) is 16.6 Å². The third-order valence-corrected chi connectivity index (χ3v) is 20.8. The Morgan fingerprint density at radius 1 is 1.00 bits per heavy atom. The van der Waals surface area contributed by atoms with E-state index in [4.69, 9.17) is 13.6 Å². The number of hydrogen-bond acceptors (Lipinski definition) is 7. The molecule has 0 saturated heterocycles. The van der Waals surface area contributed by atoms with Crippen LogP contribution in [-0.4, -0.2) is 51.7 Å². The molecule has 0 aromatic carbocycles. The molecule has 0 aliphatic carbocycles. The standard InChI is InChI=1S/C38H67NO5SSi2/c1-26-21-19-17-18-20-22-31(27(2)23-30-25-45-29(4)39-30)42-33(40)24-32(43-46(13,14)36(5,6)7)38(11,12)35(41)28(3)34(26)44-47(15,16)37(8,9)10/h18,20,23,25-26,28,31-32,34H,17,19,21-22,24H2,1-16H3/b20-18-,27-23-/t26-,28+,31-,32-,34-/m0/s1. The molecule has 1 aromatic heterocycles. The molecule has 6 nitrogen and oxygen atoms in total. The molecule has 0 spiro atoms. The molecule has 5 atom stereocenters. The number of hydrogen-bond donors (Lipinski definition) is 0. The fourth-order valence-corrected chi connectivity index (χ4v) is 9.10. The second kappa shape index (κ2) is 16.1. The van der Waals surface area contributed by atoms with E-state index in [2.05, 4.69) is 91.8 Å².